The molecule has 0 saturated carbocycles. The van der Waals surface area contributed by atoms with E-state index in [4.69, 9.17) is 9.47 Å². The van der Waals surface area contributed by atoms with Crippen molar-refractivity contribution in [3.8, 4) is 11.5 Å². The van der Waals surface area contributed by atoms with Gasteiger partial charge in [0.15, 0.2) is 11.5 Å². The zero-order valence-electron chi connectivity index (χ0n) is 22.2. The van der Waals surface area contributed by atoms with Gasteiger partial charge in [-0.15, -0.1) is 0 Å². The number of hydrogen-bond donors (Lipinski definition) is 0. The van der Waals surface area contributed by atoms with E-state index in [9.17, 15) is 9.59 Å². The van der Waals surface area contributed by atoms with Gasteiger partial charge in [0, 0.05) is 38.5 Å². The van der Waals surface area contributed by atoms with Gasteiger partial charge in [-0.05, 0) is 62.3 Å². The second kappa shape index (κ2) is 14.5. The minimum absolute atomic E-state index is 0.0340. The SMILES string of the molecule is CCCOc1ccc(CN(CCC)C(=O)C2CCN(C(=O)CCc3ccccc3)CC2)cc1OCC. The molecule has 2 aromatic rings. The lowest BCUT2D eigenvalue weighted by Crippen LogP contribution is -2.44. The minimum Gasteiger partial charge on any atom is -0.490 e. The maximum atomic E-state index is 13.5. The van der Waals surface area contributed by atoms with Crippen LogP contribution >= 0.6 is 0 Å². The maximum absolute atomic E-state index is 13.5. The number of aryl methyl sites for hydroxylation is 1. The fourth-order valence-corrected chi connectivity index (χ4v) is 4.70. The number of benzene rings is 2. The van der Waals surface area contributed by atoms with Gasteiger partial charge < -0.3 is 19.3 Å². The second-order valence-corrected chi connectivity index (χ2v) is 9.46. The summed E-state index contributed by atoms with van der Waals surface area (Å²) in [5.41, 5.74) is 2.22. The summed E-state index contributed by atoms with van der Waals surface area (Å²) in [4.78, 5) is 30.1. The first-order valence-electron chi connectivity index (χ1n) is 13.5. The summed E-state index contributed by atoms with van der Waals surface area (Å²) >= 11 is 0. The van der Waals surface area contributed by atoms with Crippen molar-refractivity contribution in [1.29, 1.82) is 0 Å². The average Bonchev–Trinajstić information content (AvgIpc) is 2.91. The van der Waals surface area contributed by atoms with Gasteiger partial charge in [0.1, 0.15) is 0 Å². The Labute approximate surface area is 216 Å². The van der Waals surface area contributed by atoms with E-state index < -0.39 is 0 Å². The van der Waals surface area contributed by atoms with Gasteiger partial charge >= 0.3 is 0 Å². The molecule has 1 aliphatic heterocycles. The van der Waals surface area contributed by atoms with Crippen LogP contribution in [-0.4, -0.2) is 54.5 Å². The molecule has 1 fully saturated rings. The van der Waals surface area contributed by atoms with E-state index in [1.54, 1.807) is 0 Å². The number of carbonyl (C=O) groups excluding carboxylic acids is 2. The molecule has 1 saturated heterocycles. The Bertz CT molecular complexity index is 955. The number of rotatable bonds is 13. The van der Waals surface area contributed by atoms with Crippen LogP contribution in [0, 0.1) is 5.92 Å². The van der Waals surface area contributed by atoms with Crippen LogP contribution in [0.5, 0.6) is 11.5 Å². The highest BCUT2D eigenvalue weighted by Gasteiger charge is 2.30. The number of hydrogen-bond acceptors (Lipinski definition) is 4. The molecular formula is C30H42N2O4. The van der Waals surface area contributed by atoms with E-state index in [1.165, 1.54) is 5.56 Å². The topological polar surface area (TPSA) is 59.1 Å². The molecular weight excluding hydrogens is 452 g/mol. The van der Waals surface area contributed by atoms with Gasteiger partial charge in [-0.2, -0.15) is 0 Å². The predicted molar refractivity (Wildman–Crippen MR) is 143 cm³/mol. The first-order chi connectivity index (χ1) is 17.5. The van der Waals surface area contributed by atoms with Crippen molar-refractivity contribution in [1.82, 2.24) is 9.80 Å². The van der Waals surface area contributed by atoms with Gasteiger partial charge in [0.05, 0.1) is 13.2 Å². The third kappa shape index (κ3) is 8.00. The van der Waals surface area contributed by atoms with Crippen molar-refractivity contribution in [3.63, 3.8) is 0 Å². The van der Waals surface area contributed by atoms with E-state index in [-0.39, 0.29) is 17.7 Å². The molecule has 0 aromatic heterocycles. The smallest absolute Gasteiger partial charge is 0.226 e. The van der Waals surface area contributed by atoms with Crippen molar-refractivity contribution < 1.29 is 19.1 Å². The van der Waals surface area contributed by atoms with Gasteiger partial charge in [0.25, 0.3) is 0 Å². The number of likely N-dealkylation sites (tertiary alicyclic amines) is 1. The lowest BCUT2D eigenvalue weighted by molar-refractivity contribution is -0.141. The molecule has 0 bridgehead atoms. The van der Waals surface area contributed by atoms with Crippen LogP contribution in [-0.2, 0) is 22.6 Å². The highest BCUT2D eigenvalue weighted by molar-refractivity contribution is 5.80. The summed E-state index contributed by atoms with van der Waals surface area (Å²) in [7, 11) is 0. The maximum Gasteiger partial charge on any atom is 0.226 e. The molecule has 36 heavy (non-hydrogen) atoms. The molecule has 0 unspecified atom stereocenters. The Hall–Kier alpha value is -3.02. The second-order valence-electron chi connectivity index (χ2n) is 9.46. The third-order valence-corrected chi connectivity index (χ3v) is 6.62. The molecule has 0 atom stereocenters. The average molecular weight is 495 g/mol. The van der Waals surface area contributed by atoms with E-state index in [1.807, 2.05) is 53.1 Å². The molecule has 0 radical (unpaired) electrons. The fourth-order valence-electron chi connectivity index (χ4n) is 4.70. The first kappa shape index (κ1) is 27.6. The van der Waals surface area contributed by atoms with Crippen molar-refractivity contribution in [2.75, 3.05) is 32.8 Å². The van der Waals surface area contributed by atoms with Crippen LogP contribution in [0.1, 0.15) is 64.0 Å². The Morgan fingerprint density at radius 1 is 0.917 bits per heavy atom. The summed E-state index contributed by atoms with van der Waals surface area (Å²) in [5.74, 6) is 1.82. The number of nitrogens with zero attached hydrogens (tertiary/aromatic N) is 2. The molecule has 1 heterocycles. The number of carbonyl (C=O) groups is 2. The highest BCUT2D eigenvalue weighted by atomic mass is 16.5. The standard InChI is InChI=1S/C30H42N2O4/c1-4-18-32(23-25-12-14-27(36-21-5-2)28(22-25)35-6-3)30(34)26-16-19-31(20-17-26)29(33)15-13-24-10-8-7-9-11-24/h7-12,14,22,26H,4-6,13,15-21,23H2,1-3H3. The monoisotopic (exact) mass is 494 g/mol. The zero-order valence-corrected chi connectivity index (χ0v) is 22.2. The largest absolute Gasteiger partial charge is 0.490 e. The zero-order chi connectivity index (χ0) is 25.8. The number of amides is 2. The fraction of sp³-hybridized carbons (Fsp3) is 0.533. The Balaban J connectivity index is 1.56. The van der Waals surface area contributed by atoms with Crippen molar-refractivity contribution in [2.45, 2.75) is 65.8 Å². The van der Waals surface area contributed by atoms with Gasteiger partial charge in [0.2, 0.25) is 11.8 Å². The Morgan fingerprint density at radius 2 is 1.67 bits per heavy atom. The summed E-state index contributed by atoms with van der Waals surface area (Å²) < 4.78 is 11.6. The molecule has 2 amide bonds. The van der Waals surface area contributed by atoms with Crippen LogP contribution in [0.2, 0.25) is 0 Å². The molecule has 0 aliphatic carbocycles. The summed E-state index contributed by atoms with van der Waals surface area (Å²) in [6.07, 6.45) is 4.57. The molecule has 6 heteroatoms. The van der Waals surface area contributed by atoms with Crippen molar-refractivity contribution in [3.05, 3.63) is 59.7 Å². The Kier molecular flexibility index (Phi) is 11.1. The van der Waals surface area contributed by atoms with Gasteiger partial charge in [-0.25, -0.2) is 0 Å². The Morgan fingerprint density at radius 3 is 2.33 bits per heavy atom. The summed E-state index contributed by atoms with van der Waals surface area (Å²) in [6, 6.07) is 16.1. The quantitative estimate of drug-likeness (QED) is 0.370. The van der Waals surface area contributed by atoms with Gasteiger partial charge in [-0.1, -0.05) is 50.2 Å². The van der Waals surface area contributed by atoms with Crippen LogP contribution in [0.4, 0.5) is 0 Å². The summed E-state index contributed by atoms with van der Waals surface area (Å²) in [5, 5.41) is 0. The van der Waals surface area contributed by atoms with E-state index in [0.29, 0.717) is 45.8 Å². The molecule has 6 nitrogen and oxygen atoms in total. The molecule has 196 valence electrons. The normalized spacial score (nSPS) is 13.9. The lowest BCUT2D eigenvalue weighted by atomic mass is 9.94. The van der Waals surface area contributed by atoms with E-state index >= 15 is 0 Å². The third-order valence-electron chi connectivity index (χ3n) is 6.62. The minimum atomic E-state index is -0.0340. The molecule has 2 aromatic carbocycles. The highest BCUT2D eigenvalue weighted by Crippen LogP contribution is 2.30. The van der Waals surface area contributed by atoms with Crippen LogP contribution in [0.15, 0.2) is 48.5 Å². The predicted octanol–water partition coefficient (Wildman–Crippen LogP) is 5.48. The molecule has 0 N–H and O–H groups in total. The number of piperidine rings is 1. The van der Waals surface area contributed by atoms with Crippen LogP contribution in [0.3, 0.4) is 0 Å². The molecule has 1 aliphatic rings. The first-order valence-corrected chi connectivity index (χ1v) is 13.5. The summed E-state index contributed by atoms with van der Waals surface area (Å²) in [6.45, 7) is 9.92. The van der Waals surface area contributed by atoms with Crippen LogP contribution in [0.25, 0.3) is 0 Å². The molecule has 3 rings (SSSR count). The van der Waals surface area contributed by atoms with Crippen LogP contribution < -0.4 is 9.47 Å². The van der Waals surface area contributed by atoms with Gasteiger partial charge in [-0.3, -0.25) is 9.59 Å². The molecule has 0 spiro atoms. The van der Waals surface area contributed by atoms with Crippen molar-refractivity contribution in [2.24, 2.45) is 5.92 Å². The van der Waals surface area contributed by atoms with Crippen molar-refractivity contribution >= 4 is 11.8 Å². The van der Waals surface area contributed by atoms with E-state index in [2.05, 4.69) is 26.0 Å². The van der Waals surface area contributed by atoms with E-state index in [0.717, 1.165) is 49.2 Å². The number of ether oxygens (including phenoxy) is 2. The lowest BCUT2D eigenvalue weighted by Gasteiger charge is -2.34.